The number of nitrogens with one attached hydrogen (secondary N) is 1. The molecule has 0 aliphatic carbocycles. The van der Waals surface area contributed by atoms with E-state index in [1.165, 1.54) is 22.9 Å². The smallest absolute Gasteiger partial charge is 0.365 e. The number of aromatic amines is 1. The number of ether oxygens (including phenoxy) is 1. The molecule has 178 valence electrons. The second-order valence-corrected chi connectivity index (χ2v) is 8.84. The number of benzene rings is 1. The maximum absolute atomic E-state index is 12.7. The highest BCUT2D eigenvalue weighted by molar-refractivity contribution is 6.38. The summed E-state index contributed by atoms with van der Waals surface area (Å²) in [6.45, 7) is 8.96. The SMILES string of the molecule is [C-]#[N+]c1nn(-c2cc(Cl)c(-n3ncc4c3ccc(=O)n4CC3CCOCC3)c(Cl)c2)c(=O)[nH]c1=O. The van der Waals surface area contributed by atoms with Crippen molar-refractivity contribution in [3.8, 4) is 11.4 Å². The number of halogens is 2. The van der Waals surface area contributed by atoms with Crippen molar-refractivity contribution in [3.05, 3.63) is 83.1 Å². The third-order valence-corrected chi connectivity index (χ3v) is 6.46. The molecule has 13 heteroatoms. The fourth-order valence-corrected chi connectivity index (χ4v) is 4.78. The minimum absolute atomic E-state index is 0.129. The van der Waals surface area contributed by atoms with Crippen molar-refractivity contribution < 1.29 is 4.74 Å². The minimum Gasteiger partial charge on any atom is -0.381 e. The first kappa shape index (κ1) is 23.0. The van der Waals surface area contributed by atoms with Crippen LogP contribution in [0.15, 0.2) is 44.8 Å². The van der Waals surface area contributed by atoms with E-state index in [4.69, 9.17) is 34.5 Å². The van der Waals surface area contributed by atoms with Crippen molar-refractivity contribution in [1.29, 1.82) is 0 Å². The highest BCUT2D eigenvalue weighted by Gasteiger charge is 2.21. The van der Waals surface area contributed by atoms with Gasteiger partial charge in [0.15, 0.2) is 0 Å². The Hall–Kier alpha value is -3.72. The van der Waals surface area contributed by atoms with Crippen LogP contribution in [0.1, 0.15) is 12.8 Å². The van der Waals surface area contributed by atoms with Gasteiger partial charge in [-0.1, -0.05) is 29.8 Å². The molecule has 0 spiro atoms. The molecular weight excluding hydrogens is 497 g/mol. The first-order valence-electron chi connectivity index (χ1n) is 10.6. The molecule has 1 fully saturated rings. The maximum atomic E-state index is 12.7. The summed E-state index contributed by atoms with van der Waals surface area (Å²) in [4.78, 5) is 41.6. The van der Waals surface area contributed by atoms with Crippen LogP contribution in [0.2, 0.25) is 10.0 Å². The molecule has 0 saturated carbocycles. The lowest BCUT2D eigenvalue weighted by atomic mass is 10.0. The van der Waals surface area contributed by atoms with Gasteiger partial charge < -0.3 is 14.1 Å². The molecule has 4 aromatic rings. The second kappa shape index (κ2) is 9.14. The maximum Gasteiger partial charge on any atom is 0.365 e. The van der Waals surface area contributed by atoms with Crippen LogP contribution in [0, 0.1) is 12.5 Å². The van der Waals surface area contributed by atoms with Crippen LogP contribution in [0.4, 0.5) is 5.82 Å². The predicted molar refractivity (Wildman–Crippen MR) is 129 cm³/mol. The van der Waals surface area contributed by atoms with E-state index in [0.717, 1.165) is 17.5 Å². The molecule has 0 bridgehead atoms. The van der Waals surface area contributed by atoms with E-state index < -0.39 is 17.1 Å². The molecule has 5 rings (SSSR count). The molecule has 1 saturated heterocycles. The Morgan fingerprint density at radius 2 is 1.80 bits per heavy atom. The normalized spacial score (nSPS) is 14.3. The van der Waals surface area contributed by atoms with E-state index in [9.17, 15) is 14.4 Å². The molecule has 0 unspecified atom stereocenters. The first-order valence-corrected chi connectivity index (χ1v) is 11.4. The Morgan fingerprint density at radius 1 is 1.09 bits per heavy atom. The van der Waals surface area contributed by atoms with E-state index in [1.54, 1.807) is 16.8 Å². The van der Waals surface area contributed by atoms with Gasteiger partial charge in [-0.05, 0) is 42.1 Å². The number of hydrogen-bond donors (Lipinski definition) is 1. The van der Waals surface area contributed by atoms with E-state index in [-0.39, 0.29) is 21.3 Å². The summed E-state index contributed by atoms with van der Waals surface area (Å²) in [6.07, 6.45) is 3.35. The van der Waals surface area contributed by atoms with Gasteiger partial charge in [0.05, 0.1) is 33.0 Å². The van der Waals surface area contributed by atoms with Gasteiger partial charge in [-0.15, -0.1) is 4.68 Å². The Kier molecular flexibility index (Phi) is 6.02. The topological polar surface area (TPSA) is 121 Å². The number of nitrogens with zero attached hydrogens (tertiary/aromatic N) is 6. The molecule has 0 radical (unpaired) electrons. The first-order chi connectivity index (χ1) is 16.9. The van der Waals surface area contributed by atoms with Gasteiger partial charge in [0.2, 0.25) is 0 Å². The summed E-state index contributed by atoms with van der Waals surface area (Å²) in [5.41, 5.74) is -0.0960. The number of rotatable bonds is 4. The summed E-state index contributed by atoms with van der Waals surface area (Å²) < 4.78 is 9.48. The lowest BCUT2D eigenvalue weighted by molar-refractivity contribution is 0.0613. The third kappa shape index (κ3) is 4.16. The van der Waals surface area contributed by atoms with Crippen molar-refractivity contribution in [2.24, 2.45) is 5.92 Å². The van der Waals surface area contributed by atoms with Gasteiger partial charge in [0.1, 0.15) is 5.69 Å². The molecule has 1 aliphatic rings. The van der Waals surface area contributed by atoms with Crippen molar-refractivity contribution in [3.63, 3.8) is 0 Å². The van der Waals surface area contributed by atoms with Crippen LogP contribution in [0.5, 0.6) is 0 Å². The minimum atomic E-state index is -0.884. The predicted octanol–water partition coefficient (Wildman–Crippen LogP) is 2.71. The van der Waals surface area contributed by atoms with Crippen LogP contribution < -0.4 is 16.8 Å². The molecule has 4 heterocycles. The summed E-state index contributed by atoms with van der Waals surface area (Å²) in [7, 11) is 0. The number of hydrogen-bond acceptors (Lipinski definition) is 6. The van der Waals surface area contributed by atoms with Crippen molar-refractivity contribution in [1.82, 2.24) is 29.1 Å². The standard InChI is InChI=1S/C22H17Cl2N7O4/c1-25-20-21(33)27-22(34)30(28-20)13-8-14(23)19(15(24)9-13)31-16-2-3-18(32)29(17(16)10-26-31)11-12-4-6-35-7-5-12/h2-3,8-10,12H,4-7,11H2,(H,27,33,34). The molecule has 35 heavy (non-hydrogen) atoms. The zero-order chi connectivity index (χ0) is 24.7. The van der Waals surface area contributed by atoms with Crippen LogP contribution in [0.3, 0.4) is 0 Å². The monoisotopic (exact) mass is 513 g/mol. The van der Waals surface area contributed by atoms with Gasteiger partial charge in [-0.2, -0.15) is 5.10 Å². The Bertz CT molecular complexity index is 1650. The summed E-state index contributed by atoms with van der Waals surface area (Å²) >= 11 is 13.1. The number of fused-ring (bicyclic) bond motifs is 1. The number of pyridine rings is 1. The molecule has 0 atom stereocenters. The zero-order valence-electron chi connectivity index (χ0n) is 18.1. The van der Waals surface area contributed by atoms with E-state index in [2.05, 4.69) is 15.0 Å². The molecule has 1 aromatic carbocycles. The lowest BCUT2D eigenvalue weighted by Gasteiger charge is -2.23. The average Bonchev–Trinajstić information content (AvgIpc) is 3.25. The largest absolute Gasteiger partial charge is 0.381 e. The van der Waals surface area contributed by atoms with Crippen molar-refractivity contribution in [2.75, 3.05) is 13.2 Å². The van der Waals surface area contributed by atoms with Crippen molar-refractivity contribution >= 4 is 40.1 Å². The Morgan fingerprint density at radius 3 is 2.49 bits per heavy atom. The van der Waals surface area contributed by atoms with Gasteiger partial charge in [-0.25, -0.2) is 9.48 Å². The van der Waals surface area contributed by atoms with Crippen LogP contribution >= 0.6 is 23.2 Å². The molecule has 0 amide bonds. The quantitative estimate of drug-likeness (QED) is 0.418. The number of H-pyrrole nitrogens is 1. The van der Waals surface area contributed by atoms with E-state index >= 15 is 0 Å². The molecule has 1 aliphatic heterocycles. The van der Waals surface area contributed by atoms with Gasteiger partial charge in [0, 0.05) is 25.8 Å². The summed E-state index contributed by atoms with van der Waals surface area (Å²) in [6, 6.07) is 5.98. The van der Waals surface area contributed by atoms with Gasteiger partial charge in [0.25, 0.3) is 11.1 Å². The average molecular weight is 514 g/mol. The Labute approximate surface area is 206 Å². The van der Waals surface area contributed by atoms with Crippen LogP contribution in [0.25, 0.3) is 27.3 Å². The second-order valence-electron chi connectivity index (χ2n) is 8.03. The fraction of sp³-hybridized carbons (Fsp3) is 0.273. The summed E-state index contributed by atoms with van der Waals surface area (Å²) in [5.74, 6) is -0.174. The van der Waals surface area contributed by atoms with Crippen LogP contribution in [-0.4, -0.2) is 42.3 Å². The molecular formula is C22H17Cl2N7O4. The molecule has 1 N–H and O–H groups in total. The van der Waals surface area contributed by atoms with Crippen LogP contribution in [-0.2, 0) is 11.3 Å². The van der Waals surface area contributed by atoms with E-state index in [1.807, 2.05) is 4.98 Å². The zero-order valence-corrected chi connectivity index (χ0v) is 19.6. The summed E-state index contributed by atoms with van der Waals surface area (Å²) in [5, 5.41) is 8.50. The fourth-order valence-electron chi connectivity index (χ4n) is 4.14. The molecule has 11 nitrogen and oxygen atoms in total. The highest BCUT2D eigenvalue weighted by Crippen LogP contribution is 2.33. The molecule has 3 aromatic heterocycles. The van der Waals surface area contributed by atoms with E-state index in [0.29, 0.717) is 42.4 Å². The number of aromatic nitrogens is 6. The van der Waals surface area contributed by atoms with Gasteiger partial charge in [-0.3, -0.25) is 14.6 Å². The lowest BCUT2D eigenvalue weighted by Crippen LogP contribution is -2.30. The Balaban J connectivity index is 1.60. The third-order valence-electron chi connectivity index (χ3n) is 5.88. The van der Waals surface area contributed by atoms with Crippen molar-refractivity contribution in [2.45, 2.75) is 19.4 Å². The highest BCUT2D eigenvalue weighted by atomic mass is 35.5. The van der Waals surface area contributed by atoms with Gasteiger partial charge >= 0.3 is 11.5 Å².